The van der Waals surface area contributed by atoms with Crippen molar-refractivity contribution in [2.24, 2.45) is 0 Å². The van der Waals surface area contributed by atoms with Crippen molar-refractivity contribution in [3.05, 3.63) is 90.7 Å². The van der Waals surface area contributed by atoms with E-state index in [2.05, 4.69) is 40.1 Å². The molecule has 6 heterocycles. The van der Waals surface area contributed by atoms with Gasteiger partial charge in [0.15, 0.2) is 0 Å². The number of nitrogens with one attached hydrogen (secondary N) is 3. The molecule has 0 unspecified atom stereocenters. The van der Waals surface area contributed by atoms with Crippen molar-refractivity contribution in [3.63, 3.8) is 0 Å². The topological polar surface area (TPSA) is 151 Å². The molecule has 0 spiro atoms. The van der Waals surface area contributed by atoms with Crippen LogP contribution in [-0.4, -0.2) is 87.4 Å². The number of aromatic amines is 2. The van der Waals surface area contributed by atoms with Gasteiger partial charge in [0, 0.05) is 68.4 Å². The second kappa shape index (κ2) is 17.4. The van der Waals surface area contributed by atoms with Crippen molar-refractivity contribution >= 4 is 34.8 Å². The zero-order valence-corrected chi connectivity index (χ0v) is 26.1. The molecule has 0 aliphatic carbocycles. The van der Waals surface area contributed by atoms with E-state index in [1.807, 2.05) is 0 Å². The highest BCUT2D eigenvalue weighted by Gasteiger charge is 2.17. The van der Waals surface area contributed by atoms with Gasteiger partial charge in [-0.15, -0.1) is 11.6 Å². The van der Waals surface area contributed by atoms with Crippen LogP contribution < -0.4 is 16.4 Å². The Balaban J connectivity index is 0.000000177. The Morgan fingerprint density at radius 1 is 0.778 bits per heavy atom. The number of H-pyrrole nitrogens is 2. The molecule has 12 nitrogen and oxygen atoms in total. The van der Waals surface area contributed by atoms with Crippen LogP contribution in [0.4, 0.5) is 8.78 Å². The molecule has 2 saturated heterocycles. The molecule has 0 amide bonds. The fraction of sp³-hybridized carbons (Fsp3) is 0.357. The molecule has 2 aliphatic heterocycles. The molecular formula is C28H29Cl3F2N8O4. The predicted octanol–water partition coefficient (Wildman–Crippen LogP) is 3.43. The number of hydrogen-bond donors (Lipinski definition) is 3. The first kappa shape index (κ1) is 34.5. The predicted molar refractivity (Wildman–Crippen MR) is 165 cm³/mol. The fourth-order valence-electron chi connectivity index (χ4n) is 4.06. The maximum absolute atomic E-state index is 13.2. The number of hydrogen-bond acceptors (Lipinski definition) is 10. The number of halogens is 5. The molecule has 4 aromatic rings. The summed E-state index contributed by atoms with van der Waals surface area (Å²) in [5.74, 6) is -0.809. The lowest BCUT2D eigenvalue weighted by Gasteiger charge is -2.26. The van der Waals surface area contributed by atoms with Crippen LogP contribution in [0.2, 0.25) is 10.0 Å². The van der Waals surface area contributed by atoms with Crippen LogP contribution in [0, 0.1) is 11.9 Å². The van der Waals surface area contributed by atoms with Crippen LogP contribution in [0.25, 0.3) is 22.8 Å². The van der Waals surface area contributed by atoms with Crippen LogP contribution in [0.1, 0.15) is 11.4 Å². The fourth-order valence-corrected chi connectivity index (χ4v) is 4.63. The van der Waals surface area contributed by atoms with Gasteiger partial charge in [0.25, 0.3) is 11.1 Å². The van der Waals surface area contributed by atoms with Crippen molar-refractivity contribution in [3.8, 4) is 22.8 Å². The highest BCUT2D eigenvalue weighted by molar-refractivity contribution is 6.32. The SMILES string of the molecule is C1COCCN1.O=c1[nH]c(-c2ccnc(F)c2)nc(CCl)c1Cl.O=c1[nH]c(-c2ccnc(F)c2)nc(CN2CCOCC2)c1Cl. The van der Waals surface area contributed by atoms with Crippen LogP contribution in [0.5, 0.6) is 0 Å². The Morgan fingerprint density at radius 2 is 1.27 bits per heavy atom. The zero-order valence-electron chi connectivity index (χ0n) is 23.8. The number of aromatic nitrogens is 6. The number of ether oxygens (including phenoxy) is 2. The molecule has 4 aromatic heterocycles. The van der Waals surface area contributed by atoms with E-state index in [0.29, 0.717) is 36.6 Å². The molecular weight excluding hydrogens is 657 g/mol. The molecule has 240 valence electrons. The third-order valence-electron chi connectivity index (χ3n) is 6.31. The molecule has 0 aromatic carbocycles. The van der Waals surface area contributed by atoms with Gasteiger partial charge in [-0.25, -0.2) is 19.9 Å². The molecule has 3 N–H and O–H groups in total. The van der Waals surface area contributed by atoms with Gasteiger partial charge in [-0.3, -0.25) is 14.5 Å². The zero-order chi connectivity index (χ0) is 32.2. The van der Waals surface area contributed by atoms with E-state index in [1.165, 1.54) is 24.5 Å². The van der Waals surface area contributed by atoms with E-state index in [4.69, 9.17) is 44.3 Å². The number of rotatable bonds is 5. The molecule has 45 heavy (non-hydrogen) atoms. The second-order valence-corrected chi connectivity index (χ2v) is 10.5. The molecule has 0 atom stereocenters. The van der Waals surface area contributed by atoms with Crippen molar-refractivity contribution in [2.75, 3.05) is 52.6 Å². The van der Waals surface area contributed by atoms with E-state index < -0.39 is 23.0 Å². The number of alkyl halides is 1. The first-order valence-electron chi connectivity index (χ1n) is 13.7. The largest absolute Gasteiger partial charge is 0.379 e. The molecule has 0 bridgehead atoms. The quantitative estimate of drug-likeness (QED) is 0.211. The Morgan fingerprint density at radius 3 is 1.71 bits per heavy atom. The van der Waals surface area contributed by atoms with Gasteiger partial charge in [0.1, 0.15) is 21.7 Å². The van der Waals surface area contributed by atoms with Gasteiger partial charge in [-0.05, 0) is 12.1 Å². The van der Waals surface area contributed by atoms with Gasteiger partial charge in [-0.1, -0.05) is 23.2 Å². The first-order valence-corrected chi connectivity index (χ1v) is 15.0. The summed E-state index contributed by atoms with van der Waals surface area (Å²) >= 11 is 17.4. The van der Waals surface area contributed by atoms with E-state index >= 15 is 0 Å². The second-order valence-electron chi connectivity index (χ2n) is 9.47. The third-order valence-corrected chi connectivity index (χ3v) is 7.35. The van der Waals surface area contributed by atoms with E-state index in [-0.39, 0.29) is 33.3 Å². The normalized spacial score (nSPS) is 15.0. The molecule has 0 saturated carbocycles. The van der Waals surface area contributed by atoms with Crippen molar-refractivity contribution < 1.29 is 18.3 Å². The number of nitrogens with zero attached hydrogens (tertiary/aromatic N) is 5. The van der Waals surface area contributed by atoms with Gasteiger partial charge in [0.05, 0.1) is 43.7 Å². The summed E-state index contributed by atoms with van der Waals surface area (Å²) in [6.45, 7) is 7.08. The molecule has 6 rings (SSSR count). The van der Waals surface area contributed by atoms with E-state index in [1.54, 1.807) is 6.07 Å². The van der Waals surface area contributed by atoms with Crippen LogP contribution >= 0.6 is 34.8 Å². The average molecular weight is 686 g/mol. The van der Waals surface area contributed by atoms with Gasteiger partial charge >= 0.3 is 0 Å². The Bertz CT molecular complexity index is 1670. The number of pyridine rings is 2. The minimum absolute atomic E-state index is 0.00329. The molecule has 0 radical (unpaired) electrons. The van der Waals surface area contributed by atoms with Crippen molar-refractivity contribution in [1.29, 1.82) is 0 Å². The van der Waals surface area contributed by atoms with E-state index in [0.717, 1.165) is 45.5 Å². The van der Waals surface area contributed by atoms with Gasteiger partial charge in [0.2, 0.25) is 11.9 Å². The maximum Gasteiger partial charge on any atom is 0.270 e. The minimum Gasteiger partial charge on any atom is -0.379 e. The first-order chi connectivity index (χ1) is 21.7. The Hall–Kier alpha value is -3.37. The lowest BCUT2D eigenvalue weighted by Crippen LogP contribution is -2.36. The summed E-state index contributed by atoms with van der Waals surface area (Å²) in [5.41, 5.74) is 0.627. The minimum atomic E-state index is -0.660. The van der Waals surface area contributed by atoms with Crippen molar-refractivity contribution in [2.45, 2.75) is 12.4 Å². The summed E-state index contributed by atoms with van der Waals surface area (Å²) in [5, 5.41) is 3.16. The smallest absolute Gasteiger partial charge is 0.270 e. The summed E-state index contributed by atoms with van der Waals surface area (Å²) < 4.78 is 36.5. The summed E-state index contributed by atoms with van der Waals surface area (Å²) in [6.07, 6.45) is 2.60. The standard InChI is InChI=1S/C14H14ClFN4O2.C10H6Cl2FN3O.C4H9NO/c15-12-10(8-20-3-5-22-6-4-20)18-13(19-14(12)21)9-1-2-17-11(16)7-9;11-4-6-8(12)10(17)16-9(15-6)5-1-2-14-7(13)3-5;1-3-6-4-2-5-1/h1-2,7H,3-6,8H2,(H,18,19,21);1-3H,4H2,(H,15,16,17);5H,1-4H2. The monoisotopic (exact) mass is 684 g/mol. The summed E-state index contributed by atoms with van der Waals surface area (Å²) in [6, 6.07) is 5.47. The average Bonchev–Trinajstić information content (AvgIpc) is 3.06. The highest BCUT2D eigenvalue weighted by Crippen LogP contribution is 2.19. The van der Waals surface area contributed by atoms with Gasteiger partial charge in [-0.2, -0.15) is 8.78 Å². The van der Waals surface area contributed by atoms with Crippen LogP contribution in [-0.2, 0) is 21.9 Å². The lowest BCUT2D eigenvalue weighted by atomic mass is 10.2. The van der Waals surface area contributed by atoms with Crippen LogP contribution in [0.15, 0.2) is 46.2 Å². The van der Waals surface area contributed by atoms with Crippen molar-refractivity contribution in [1.82, 2.24) is 40.1 Å². The van der Waals surface area contributed by atoms with E-state index in [9.17, 15) is 18.4 Å². The maximum atomic E-state index is 13.2. The number of morpholine rings is 2. The molecule has 2 aliphatic rings. The Kier molecular flexibility index (Phi) is 13.3. The summed E-state index contributed by atoms with van der Waals surface area (Å²) in [7, 11) is 0. The van der Waals surface area contributed by atoms with Gasteiger partial charge < -0.3 is 24.8 Å². The van der Waals surface area contributed by atoms with Crippen LogP contribution in [0.3, 0.4) is 0 Å². The Labute approximate surface area is 271 Å². The third kappa shape index (κ3) is 10.3. The molecule has 17 heteroatoms. The molecule has 2 fully saturated rings. The lowest BCUT2D eigenvalue weighted by molar-refractivity contribution is 0.0336. The summed E-state index contributed by atoms with van der Waals surface area (Å²) in [4.78, 5) is 45.9. The highest BCUT2D eigenvalue weighted by atomic mass is 35.5.